The Hall–Kier alpha value is -1.11. The molecule has 0 fully saturated rings. The van der Waals surface area contributed by atoms with E-state index < -0.39 is 10.0 Å². The molecule has 0 aromatic heterocycles. The fraction of sp³-hybridized carbons (Fsp3) is 0.571. The monoisotopic (exact) mass is 300 g/mol. The molecule has 1 aromatic rings. The Labute approximate surface area is 121 Å². The number of ether oxygens (including phenoxy) is 1. The van der Waals surface area contributed by atoms with Crippen molar-refractivity contribution in [2.24, 2.45) is 0 Å². The van der Waals surface area contributed by atoms with E-state index in [4.69, 9.17) is 4.74 Å². The molecule has 1 rings (SSSR count). The maximum absolute atomic E-state index is 12.1. The Morgan fingerprint density at radius 2 is 1.85 bits per heavy atom. The van der Waals surface area contributed by atoms with Gasteiger partial charge in [0.05, 0.1) is 12.0 Å². The van der Waals surface area contributed by atoms with E-state index in [0.29, 0.717) is 18.8 Å². The second kappa shape index (κ2) is 8.24. The Morgan fingerprint density at radius 1 is 1.15 bits per heavy atom. The molecule has 114 valence electrons. The molecular formula is C14H24N2O3S. The fourth-order valence-corrected chi connectivity index (χ4v) is 2.96. The Bertz CT molecular complexity index is 515. The van der Waals surface area contributed by atoms with Crippen molar-refractivity contribution in [3.05, 3.63) is 23.8 Å². The number of benzene rings is 1. The third-order valence-electron chi connectivity index (χ3n) is 2.85. The summed E-state index contributed by atoms with van der Waals surface area (Å²) in [5.41, 5.74) is 0.848. The van der Waals surface area contributed by atoms with E-state index >= 15 is 0 Å². The van der Waals surface area contributed by atoms with Crippen LogP contribution in [0.5, 0.6) is 5.75 Å². The van der Waals surface area contributed by atoms with Gasteiger partial charge in [-0.25, -0.2) is 13.1 Å². The van der Waals surface area contributed by atoms with Gasteiger partial charge in [-0.05, 0) is 37.6 Å². The first-order chi connectivity index (χ1) is 9.55. The third kappa shape index (κ3) is 4.77. The van der Waals surface area contributed by atoms with Crippen LogP contribution in [0.4, 0.5) is 0 Å². The van der Waals surface area contributed by atoms with Crippen LogP contribution in [0.25, 0.3) is 0 Å². The zero-order valence-corrected chi connectivity index (χ0v) is 13.2. The summed E-state index contributed by atoms with van der Waals surface area (Å²) in [5, 5.41) is 3.25. The van der Waals surface area contributed by atoms with Gasteiger partial charge >= 0.3 is 0 Å². The predicted molar refractivity (Wildman–Crippen MR) is 80.5 cm³/mol. The van der Waals surface area contributed by atoms with E-state index in [2.05, 4.69) is 17.0 Å². The molecule has 0 aliphatic heterocycles. The Kier molecular flexibility index (Phi) is 6.98. The molecule has 0 bridgehead atoms. The van der Waals surface area contributed by atoms with Gasteiger partial charge in [0, 0.05) is 18.7 Å². The van der Waals surface area contributed by atoms with E-state index in [9.17, 15) is 8.42 Å². The van der Waals surface area contributed by atoms with E-state index in [-0.39, 0.29) is 4.90 Å². The second-order valence-electron chi connectivity index (χ2n) is 4.55. The standard InChI is InChI=1S/C14H24N2O3S/c1-4-8-15-11-12-10-13(6-7-14(12)19-3)20(17,18)16-9-5-2/h6-7,10,15-16H,4-5,8-9,11H2,1-3H3. The van der Waals surface area contributed by atoms with Crippen LogP contribution in [-0.4, -0.2) is 28.6 Å². The first kappa shape index (κ1) is 16.9. The summed E-state index contributed by atoms with van der Waals surface area (Å²) in [6, 6.07) is 4.93. The minimum atomic E-state index is -3.43. The number of nitrogens with one attached hydrogen (secondary N) is 2. The highest BCUT2D eigenvalue weighted by atomic mass is 32.2. The molecule has 6 heteroatoms. The maximum Gasteiger partial charge on any atom is 0.240 e. The molecule has 2 N–H and O–H groups in total. The molecule has 0 saturated carbocycles. The van der Waals surface area contributed by atoms with Crippen molar-refractivity contribution in [1.29, 1.82) is 0 Å². The average Bonchev–Trinajstić information content (AvgIpc) is 2.45. The van der Waals surface area contributed by atoms with Crippen molar-refractivity contribution in [2.45, 2.75) is 38.1 Å². The van der Waals surface area contributed by atoms with E-state index in [1.165, 1.54) is 0 Å². The molecule has 5 nitrogen and oxygen atoms in total. The Balaban J connectivity index is 2.96. The smallest absolute Gasteiger partial charge is 0.240 e. The summed E-state index contributed by atoms with van der Waals surface area (Å²) in [6.45, 7) is 5.93. The number of rotatable bonds is 9. The van der Waals surface area contributed by atoms with Crippen LogP contribution in [0.1, 0.15) is 32.3 Å². The molecule has 0 aliphatic carbocycles. The van der Waals surface area contributed by atoms with Gasteiger partial charge in [0.25, 0.3) is 0 Å². The lowest BCUT2D eigenvalue weighted by atomic mass is 10.2. The Morgan fingerprint density at radius 3 is 2.45 bits per heavy atom. The van der Waals surface area contributed by atoms with E-state index in [1.807, 2.05) is 6.92 Å². The summed E-state index contributed by atoms with van der Waals surface area (Å²) in [5.74, 6) is 0.697. The van der Waals surface area contributed by atoms with Crippen LogP contribution < -0.4 is 14.8 Å². The zero-order valence-electron chi connectivity index (χ0n) is 12.4. The topological polar surface area (TPSA) is 67.4 Å². The molecular weight excluding hydrogens is 276 g/mol. The van der Waals surface area contributed by atoms with Crippen molar-refractivity contribution in [1.82, 2.24) is 10.0 Å². The molecule has 0 atom stereocenters. The molecule has 0 heterocycles. The normalized spacial score (nSPS) is 11.6. The first-order valence-electron chi connectivity index (χ1n) is 6.92. The van der Waals surface area contributed by atoms with Crippen molar-refractivity contribution < 1.29 is 13.2 Å². The summed E-state index contributed by atoms with van der Waals surface area (Å²) in [6.07, 6.45) is 1.79. The van der Waals surface area contributed by atoms with Crippen LogP contribution in [0, 0.1) is 0 Å². The number of hydrogen-bond acceptors (Lipinski definition) is 4. The number of methoxy groups -OCH3 is 1. The van der Waals surface area contributed by atoms with Crippen molar-refractivity contribution in [2.75, 3.05) is 20.2 Å². The minimum absolute atomic E-state index is 0.278. The number of hydrogen-bond donors (Lipinski definition) is 2. The lowest BCUT2D eigenvalue weighted by Crippen LogP contribution is -2.24. The zero-order chi connectivity index (χ0) is 15.0. The van der Waals surface area contributed by atoms with Crippen molar-refractivity contribution in [3.8, 4) is 5.75 Å². The maximum atomic E-state index is 12.1. The molecule has 0 aliphatic rings. The third-order valence-corrected chi connectivity index (χ3v) is 4.31. The predicted octanol–water partition coefficient (Wildman–Crippen LogP) is 1.88. The van der Waals surface area contributed by atoms with Gasteiger partial charge in [-0.15, -0.1) is 0 Å². The molecule has 0 radical (unpaired) electrons. The van der Waals surface area contributed by atoms with Crippen LogP contribution in [-0.2, 0) is 16.6 Å². The summed E-state index contributed by atoms with van der Waals surface area (Å²) < 4.78 is 32.0. The summed E-state index contributed by atoms with van der Waals surface area (Å²) >= 11 is 0. The van der Waals surface area contributed by atoms with Gasteiger partial charge in [0.15, 0.2) is 0 Å². The summed E-state index contributed by atoms with van der Waals surface area (Å²) in [4.78, 5) is 0.278. The lowest BCUT2D eigenvalue weighted by molar-refractivity contribution is 0.407. The first-order valence-corrected chi connectivity index (χ1v) is 8.40. The molecule has 1 aromatic carbocycles. The van der Waals surface area contributed by atoms with Gasteiger partial charge in [-0.1, -0.05) is 13.8 Å². The van der Waals surface area contributed by atoms with Crippen LogP contribution in [0.15, 0.2) is 23.1 Å². The van der Waals surface area contributed by atoms with Crippen LogP contribution in [0.3, 0.4) is 0 Å². The van der Waals surface area contributed by atoms with Gasteiger partial charge < -0.3 is 10.1 Å². The van der Waals surface area contributed by atoms with E-state index in [1.54, 1.807) is 25.3 Å². The highest BCUT2D eigenvalue weighted by Gasteiger charge is 2.15. The lowest BCUT2D eigenvalue weighted by Gasteiger charge is -2.12. The molecule has 20 heavy (non-hydrogen) atoms. The summed E-state index contributed by atoms with van der Waals surface area (Å²) in [7, 11) is -1.85. The molecule has 0 amide bonds. The minimum Gasteiger partial charge on any atom is -0.496 e. The van der Waals surface area contributed by atoms with Gasteiger partial charge in [0.2, 0.25) is 10.0 Å². The average molecular weight is 300 g/mol. The van der Waals surface area contributed by atoms with Crippen LogP contribution in [0.2, 0.25) is 0 Å². The molecule has 0 saturated heterocycles. The second-order valence-corrected chi connectivity index (χ2v) is 6.32. The highest BCUT2D eigenvalue weighted by molar-refractivity contribution is 7.89. The molecule has 0 unspecified atom stereocenters. The van der Waals surface area contributed by atoms with Crippen molar-refractivity contribution >= 4 is 10.0 Å². The van der Waals surface area contributed by atoms with Crippen molar-refractivity contribution in [3.63, 3.8) is 0 Å². The van der Waals surface area contributed by atoms with Gasteiger partial charge in [0.1, 0.15) is 5.75 Å². The molecule has 0 spiro atoms. The fourth-order valence-electron chi connectivity index (χ4n) is 1.78. The quantitative estimate of drug-likeness (QED) is 0.683. The van der Waals surface area contributed by atoms with Gasteiger partial charge in [-0.2, -0.15) is 0 Å². The number of sulfonamides is 1. The van der Waals surface area contributed by atoms with E-state index in [0.717, 1.165) is 24.9 Å². The largest absolute Gasteiger partial charge is 0.496 e. The SMILES string of the molecule is CCCNCc1cc(S(=O)(=O)NCCC)ccc1OC. The highest BCUT2D eigenvalue weighted by Crippen LogP contribution is 2.22. The van der Waals surface area contributed by atoms with Crippen LogP contribution >= 0.6 is 0 Å². The van der Waals surface area contributed by atoms with Gasteiger partial charge in [-0.3, -0.25) is 0 Å².